The minimum atomic E-state index is -0.365. The second-order valence-corrected chi connectivity index (χ2v) is 7.38. The number of benzene rings is 2. The molecule has 5 heteroatoms. The summed E-state index contributed by atoms with van der Waals surface area (Å²) in [6, 6.07) is 14.2. The zero-order chi connectivity index (χ0) is 18.5. The Morgan fingerprint density at radius 2 is 2.04 bits per heavy atom. The van der Waals surface area contributed by atoms with E-state index in [9.17, 15) is 4.79 Å². The molecule has 0 aromatic heterocycles. The Labute approximate surface area is 154 Å². The Morgan fingerprint density at radius 1 is 1.27 bits per heavy atom. The number of carbonyl (C=O) groups is 1. The number of primary amides is 1. The van der Waals surface area contributed by atoms with Gasteiger partial charge in [-0.25, -0.2) is 0 Å². The summed E-state index contributed by atoms with van der Waals surface area (Å²) < 4.78 is 11.7. The number of carbonyl (C=O) groups excluding carboxylic acids is 1. The predicted octanol–water partition coefficient (Wildman–Crippen LogP) is 2.96. The molecule has 2 aromatic carbocycles. The highest BCUT2D eigenvalue weighted by Gasteiger charge is 2.32. The van der Waals surface area contributed by atoms with E-state index in [0.29, 0.717) is 25.6 Å². The van der Waals surface area contributed by atoms with Crippen molar-refractivity contribution in [1.82, 2.24) is 5.32 Å². The van der Waals surface area contributed by atoms with Crippen molar-refractivity contribution in [3.8, 4) is 0 Å². The Morgan fingerprint density at radius 3 is 2.77 bits per heavy atom. The molecule has 1 amide bonds. The van der Waals surface area contributed by atoms with Gasteiger partial charge in [-0.3, -0.25) is 10.1 Å². The molecule has 0 bridgehead atoms. The Kier molecular flexibility index (Phi) is 6.25. The Bertz CT molecular complexity index is 747. The fourth-order valence-electron chi connectivity index (χ4n) is 3.39. The molecule has 0 saturated carbocycles. The Balaban J connectivity index is 1.60. The standard InChI is InChI=1S/C21H28N2O3/c1-14(2)11-19(20(22)24)23-18-9-10-25-21(18)26-13-15-7-8-16-5-3-4-6-17(16)12-15/h3-8,12,14,18-19,21,23H,9-11,13H2,1-2H3,(H2,22,24)/t18-,19-,21?/m0/s1. The largest absolute Gasteiger partial charge is 0.368 e. The molecule has 0 aliphatic carbocycles. The quantitative estimate of drug-likeness (QED) is 0.763. The van der Waals surface area contributed by atoms with E-state index in [4.69, 9.17) is 15.2 Å². The lowest BCUT2D eigenvalue weighted by Gasteiger charge is -2.25. The van der Waals surface area contributed by atoms with Gasteiger partial charge in [0.1, 0.15) is 0 Å². The lowest BCUT2D eigenvalue weighted by atomic mass is 10.0. The van der Waals surface area contributed by atoms with Gasteiger partial charge < -0.3 is 15.2 Å². The summed E-state index contributed by atoms with van der Waals surface area (Å²) in [7, 11) is 0. The normalized spacial score (nSPS) is 21.3. The van der Waals surface area contributed by atoms with Crippen LogP contribution < -0.4 is 11.1 Å². The first-order valence-corrected chi connectivity index (χ1v) is 9.29. The predicted molar refractivity (Wildman–Crippen MR) is 102 cm³/mol. The molecule has 140 valence electrons. The van der Waals surface area contributed by atoms with Gasteiger partial charge in [-0.2, -0.15) is 0 Å². The maximum atomic E-state index is 11.7. The lowest BCUT2D eigenvalue weighted by Crippen LogP contribution is -2.50. The van der Waals surface area contributed by atoms with Gasteiger partial charge in [0.2, 0.25) is 5.91 Å². The van der Waals surface area contributed by atoms with Gasteiger partial charge >= 0.3 is 0 Å². The molecule has 2 aromatic rings. The van der Waals surface area contributed by atoms with E-state index in [1.165, 1.54) is 10.8 Å². The molecular formula is C21H28N2O3. The molecule has 5 nitrogen and oxygen atoms in total. The third kappa shape index (κ3) is 4.81. The summed E-state index contributed by atoms with van der Waals surface area (Å²) in [6.07, 6.45) is 1.16. The summed E-state index contributed by atoms with van der Waals surface area (Å²) in [5.74, 6) is 0.0677. The number of fused-ring (bicyclic) bond motifs is 1. The van der Waals surface area contributed by atoms with E-state index >= 15 is 0 Å². The van der Waals surface area contributed by atoms with Crippen LogP contribution in [0.2, 0.25) is 0 Å². The second kappa shape index (κ2) is 8.62. The Hall–Kier alpha value is -1.95. The van der Waals surface area contributed by atoms with E-state index in [1.807, 2.05) is 12.1 Å². The number of rotatable bonds is 8. The minimum Gasteiger partial charge on any atom is -0.368 e. The van der Waals surface area contributed by atoms with Crippen molar-refractivity contribution in [3.63, 3.8) is 0 Å². The van der Waals surface area contributed by atoms with Crippen LogP contribution in [0.1, 0.15) is 32.3 Å². The van der Waals surface area contributed by atoms with Crippen LogP contribution in [-0.2, 0) is 20.9 Å². The van der Waals surface area contributed by atoms with Crippen molar-refractivity contribution in [2.75, 3.05) is 6.61 Å². The molecule has 1 unspecified atom stereocenters. The molecular weight excluding hydrogens is 328 g/mol. The molecule has 1 fully saturated rings. The van der Waals surface area contributed by atoms with Gasteiger partial charge in [0, 0.05) is 0 Å². The number of hydrogen-bond donors (Lipinski definition) is 2. The molecule has 1 aliphatic rings. The number of nitrogens with two attached hydrogens (primary N) is 1. The molecule has 3 rings (SSSR count). The van der Waals surface area contributed by atoms with Gasteiger partial charge in [-0.1, -0.05) is 50.2 Å². The minimum absolute atomic E-state index is 0.0216. The van der Waals surface area contributed by atoms with Crippen molar-refractivity contribution in [1.29, 1.82) is 0 Å². The van der Waals surface area contributed by atoms with Gasteiger partial charge in [0.05, 0.1) is 25.3 Å². The fourth-order valence-corrected chi connectivity index (χ4v) is 3.39. The van der Waals surface area contributed by atoms with Crippen LogP contribution in [0.25, 0.3) is 10.8 Å². The number of ether oxygens (including phenoxy) is 2. The maximum absolute atomic E-state index is 11.7. The average Bonchev–Trinajstić information content (AvgIpc) is 3.06. The highest BCUT2D eigenvalue weighted by atomic mass is 16.7. The van der Waals surface area contributed by atoms with Crippen molar-refractivity contribution in [2.45, 2.75) is 51.7 Å². The van der Waals surface area contributed by atoms with Crippen LogP contribution in [0.4, 0.5) is 0 Å². The van der Waals surface area contributed by atoms with Crippen LogP contribution >= 0.6 is 0 Å². The molecule has 1 aliphatic heterocycles. The summed E-state index contributed by atoms with van der Waals surface area (Å²) in [5, 5.41) is 5.75. The van der Waals surface area contributed by atoms with E-state index in [-0.39, 0.29) is 24.3 Å². The monoisotopic (exact) mass is 356 g/mol. The van der Waals surface area contributed by atoms with Crippen LogP contribution in [0.3, 0.4) is 0 Å². The highest BCUT2D eigenvalue weighted by molar-refractivity contribution is 5.83. The van der Waals surface area contributed by atoms with Crippen molar-refractivity contribution >= 4 is 16.7 Å². The third-order valence-corrected chi connectivity index (χ3v) is 4.73. The zero-order valence-electron chi connectivity index (χ0n) is 15.5. The van der Waals surface area contributed by atoms with E-state index in [1.54, 1.807) is 0 Å². The van der Waals surface area contributed by atoms with Crippen molar-refractivity contribution < 1.29 is 14.3 Å². The number of amides is 1. The van der Waals surface area contributed by atoms with E-state index in [2.05, 4.69) is 49.5 Å². The molecule has 3 N–H and O–H groups in total. The molecule has 1 saturated heterocycles. The summed E-state index contributed by atoms with van der Waals surface area (Å²) >= 11 is 0. The van der Waals surface area contributed by atoms with Crippen molar-refractivity contribution in [2.24, 2.45) is 11.7 Å². The summed E-state index contributed by atoms with van der Waals surface area (Å²) in [4.78, 5) is 11.7. The van der Waals surface area contributed by atoms with Gasteiger partial charge in [0.15, 0.2) is 6.29 Å². The molecule has 0 radical (unpaired) electrons. The zero-order valence-corrected chi connectivity index (χ0v) is 15.5. The molecule has 1 heterocycles. The first-order valence-electron chi connectivity index (χ1n) is 9.29. The number of nitrogens with one attached hydrogen (secondary N) is 1. The first kappa shape index (κ1) is 18.8. The first-order chi connectivity index (χ1) is 12.5. The van der Waals surface area contributed by atoms with Crippen molar-refractivity contribution in [3.05, 3.63) is 48.0 Å². The fraction of sp³-hybridized carbons (Fsp3) is 0.476. The summed E-state index contributed by atoms with van der Waals surface area (Å²) in [6.45, 7) is 5.25. The SMILES string of the molecule is CC(C)C[C@H](N[C@H]1CCOC1OCc1ccc2ccccc2c1)C(N)=O. The second-order valence-electron chi connectivity index (χ2n) is 7.38. The van der Waals surface area contributed by atoms with Crippen LogP contribution in [0, 0.1) is 5.92 Å². The third-order valence-electron chi connectivity index (χ3n) is 4.73. The van der Waals surface area contributed by atoms with Crippen LogP contribution in [0.5, 0.6) is 0 Å². The van der Waals surface area contributed by atoms with E-state index < -0.39 is 0 Å². The van der Waals surface area contributed by atoms with Gasteiger partial charge in [0.25, 0.3) is 0 Å². The molecule has 0 spiro atoms. The average molecular weight is 356 g/mol. The van der Waals surface area contributed by atoms with Crippen LogP contribution in [-0.4, -0.2) is 30.9 Å². The van der Waals surface area contributed by atoms with Crippen LogP contribution in [0.15, 0.2) is 42.5 Å². The van der Waals surface area contributed by atoms with Gasteiger partial charge in [-0.15, -0.1) is 0 Å². The molecule has 26 heavy (non-hydrogen) atoms. The summed E-state index contributed by atoms with van der Waals surface area (Å²) in [5.41, 5.74) is 6.65. The maximum Gasteiger partial charge on any atom is 0.234 e. The highest BCUT2D eigenvalue weighted by Crippen LogP contribution is 2.21. The topological polar surface area (TPSA) is 73.6 Å². The smallest absolute Gasteiger partial charge is 0.234 e. The van der Waals surface area contributed by atoms with Gasteiger partial charge in [-0.05, 0) is 41.2 Å². The van der Waals surface area contributed by atoms with E-state index in [0.717, 1.165) is 12.0 Å². The molecule has 3 atom stereocenters. The number of hydrogen-bond acceptors (Lipinski definition) is 4. The lowest BCUT2D eigenvalue weighted by molar-refractivity contribution is -0.133.